The van der Waals surface area contributed by atoms with Crippen LogP contribution in [0.4, 0.5) is 0 Å². The van der Waals surface area contributed by atoms with Crippen molar-refractivity contribution in [2.75, 3.05) is 20.3 Å². The topological polar surface area (TPSA) is 63.7 Å². The van der Waals surface area contributed by atoms with Crippen LogP contribution in [-0.4, -0.2) is 42.8 Å². The number of rotatable bonds is 4. The van der Waals surface area contributed by atoms with Crippen molar-refractivity contribution in [1.82, 2.24) is 4.90 Å². The normalized spacial score (nSPS) is 14.0. The first-order chi connectivity index (χ1) is 8.54. The first kappa shape index (κ1) is 12.9. The molecule has 18 heavy (non-hydrogen) atoms. The first-order valence-corrected chi connectivity index (χ1v) is 6.00. The van der Waals surface area contributed by atoms with Crippen LogP contribution in [0.15, 0.2) is 22.7 Å². The third kappa shape index (κ3) is 2.21. The fourth-order valence-electron chi connectivity index (χ4n) is 1.79. The number of benzene rings is 1. The summed E-state index contributed by atoms with van der Waals surface area (Å²) >= 11 is 3.24. The lowest BCUT2D eigenvalue weighted by molar-refractivity contribution is -0.122. The molecule has 5 nitrogen and oxygen atoms in total. The Morgan fingerprint density at radius 1 is 1.28 bits per heavy atom. The van der Waals surface area contributed by atoms with Gasteiger partial charge in [0.2, 0.25) is 0 Å². The maximum absolute atomic E-state index is 12.0. The van der Waals surface area contributed by atoms with Gasteiger partial charge in [0, 0.05) is 11.6 Å². The Labute approximate surface area is 112 Å². The molecule has 1 aromatic carbocycles. The molecule has 0 atom stereocenters. The van der Waals surface area contributed by atoms with E-state index in [1.807, 2.05) is 0 Å². The van der Waals surface area contributed by atoms with Crippen LogP contribution in [0.25, 0.3) is 0 Å². The Morgan fingerprint density at radius 3 is 2.61 bits per heavy atom. The monoisotopic (exact) mass is 311 g/mol. The van der Waals surface area contributed by atoms with E-state index in [0.717, 1.165) is 4.90 Å². The van der Waals surface area contributed by atoms with Crippen LogP contribution in [0.1, 0.15) is 20.7 Å². The number of amides is 2. The molecule has 6 heteroatoms. The summed E-state index contributed by atoms with van der Waals surface area (Å²) in [6, 6.07) is 4.83. The van der Waals surface area contributed by atoms with E-state index in [0.29, 0.717) is 15.6 Å². The van der Waals surface area contributed by atoms with Crippen LogP contribution >= 0.6 is 15.9 Å². The van der Waals surface area contributed by atoms with Gasteiger partial charge in [0.05, 0.1) is 17.7 Å². The Bertz CT molecular complexity index is 541. The molecule has 0 N–H and O–H groups in total. The van der Waals surface area contributed by atoms with Crippen molar-refractivity contribution >= 4 is 33.5 Å². The summed E-state index contributed by atoms with van der Waals surface area (Å²) in [4.78, 5) is 36.3. The van der Waals surface area contributed by atoms with Gasteiger partial charge < -0.3 is 4.74 Å². The van der Waals surface area contributed by atoms with Gasteiger partial charge >= 0.3 is 0 Å². The molecule has 0 unspecified atom stereocenters. The number of Topliss-reactive ketones (excluding diaryl/α,β-unsaturated/α-hetero) is 1. The molecular weight excluding hydrogens is 302 g/mol. The highest BCUT2D eigenvalue weighted by Crippen LogP contribution is 2.25. The number of carbonyl (C=O) groups excluding carboxylic acids is 3. The zero-order chi connectivity index (χ0) is 13.3. The predicted octanol–water partition coefficient (Wildman–Crippen LogP) is 1.26. The molecule has 94 valence electrons. The number of methoxy groups -OCH3 is 1. The van der Waals surface area contributed by atoms with E-state index in [1.165, 1.54) is 7.11 Å². The highest BCUT2D eigenvalue weighted by atomic mass is 79.9. The second-order valence-corrected chi connectivity index (χ2v) is 4.77. The summed E-state index contributed by atoms with van der Waals surface area (Å²) in [6.45, 7) is -0.366. The lowest BCUT2D eigenvalue weighted by Crippen LogP contribution is -2.36. The van der Waals surface area contributed by atoms with Gasteiger partial charge in [-0.2, -0.15) is 0 Å². The Balaban J connectivity index is 2.26. The Kier molecular flexibility index (Phi) is 3.58. The number of hydrogen-bond donors (Lipinski definition) is 0. The fraction of sp³-hybridized carbons (Fsp3) is 0.250. The van der Waals surface area contributed by atoms with E-state index in [1.54, 1.807) is 18.2 Å². The molecule has 2 rings (SSSR count). The summed E-state index contributed by atoms with van der Waals surface area (Å²) in [5.74, 6) is -1.20. The predicted molar refractivity (Wildman–Crippen MR) is 66.4 cm³/mol. The number of imide groups is 1. The smallest absolute Gasteiger partial charge is 0.262 e. The Hall–Kier alpha value is -1.53. The fourth-order valence-corrected chi connectivity index (χ4v) is 2.15. The van der Waals surface area contributed by atoms with Gasteiger partial charge in [-0.25, -0.2) is 0 Å². The maximum atomic E-state index is 12.0. The number of nitrogens with zero attached hydrogens (tertiary/aromatic N) is 1. The zero-order valence-electron chi connectivity index (χ0n) is 9.60. The second-order valence-electron chi connectivity index (χ2n) is 3.86. The standard InChI is InChI=1S/C12H10BrNO4/c1-18-6-8(15)5-14-11(16)9-3-2-7(13)4-10(9)12(14)17/h2-4H,5-6H2,1H3. The van der Waals surface area contributed by atoms with Crippen molar-refractivity contribution in [3.63, 3.8) is 0 Å². The molecule has 1 aromatic rings. The minimum Gasteiger partial charge on any atom is -0.377 e. The van der Waals surface area contributed by atoms with Crippen molar-refractivity contribution in [1.29, 1.82) is 0 Å². The van der Waals surface area contributed by atoms with Crippen LogP contribution in [-0.2, 0) is 9.53 Å². The molecule has 2 amide bonds. The molecule has 0 bridgehead atoms. The number of ketones is 1. The lowest BCUT2D eigenvalue weighted by atomic mass is 10.1. The molecule has 0 aliphatic carbocycles. The SMILES string of the molecule is COCC(=O)CN1C(=O)c2ccc(Br)cc2C1=O. The van der Waals surface area contributed by atoms with Crippen molar-refractivity contribution in [3.05, 3.63) is 33.8 Å². The minimum absolute atomic E-state index is 0.114. The average Bonchev–Trinajstić information content (AvgIpc) is 2.55. The van der Waals surface area contributed by atoms with Crippen LogP contribution in [0, 0.1) is 0 Å². The molecule has 0 radical (unpaired) electrons. The first-order valence-electron chi connectivity index (χ1n) is 5.21. The molecule has 0 spiro atoms. The number of hydrogen-bond acceptors (Lipinski definition) is 4. The molecule has 0 saturated heterocycles. The molecule has 1 aliphatic rings. The number of ether oxygens (including phenoxy) is 1. The third-order valence-corrected chi connectivity index (χ3v) is 3.07. The van der Waals surface area contributed by atoms with Gasteiger partial charge in [0.25, 0.3) is 11.8 Å². The van der Waals surface area contributed by atoms with E-state index in [2.05, 4.69) is 20.7 Å². The maximum Gasteiger partial charge on any atom is 0.262 e. The van der Waals surface area contributed by atoms with Gasteiger partial charge in [0.1, 0.15) is 6.61 Å². The van der Waals surface area contributed by atoms with Crippen molar-refractivity contribution in [3.8, 4) is 0 Å². The molecule has 1 aliphatic heterocycles. The third-order valence-electron chi connectivity index (χ3n) is 2.57. The largest absolute Gasteiger partial charge is 0.377 e. The van der Waals surface area contributed by atoms with Crippen molar-refractivity contribution in [2.24, 2.45) is 0 Å². The van der Waals surface area contributed by atoms with E-state index in [9.17, 15) is 14.4 Å². The number of halogens is 1. The van der Waals surface area contributed by atoms with E-state index in [-0.39, 0.29) is 18.9 Å². The molecule has 0 fully saturated rings. The second kappa shape index (κ2) is 4.99. The summed E-state index contributed by atoms with van der Waals surface area (Å²) < 4.78 is 5.39. The van der Waals surface area contributed by atoms with Crippen LogP contribution in [0.3, 0.4) is 0 Å². The van der Waals surface area contributed by atoms with Crippen LogP contribution in [0.2, 0.25) is 0 Å². The number of carbonyl (C=O) groups is 3. The van der Waals surface area contributed by atoms with E-state index in [4.69, 9.17) is 0 Å². The minimum atomic E-state index is -0.444. The summed E-state index contributed by atoms with van der Waals surface area (Å²) in [5, 5.41) is 0. The zero-order valence-corrected chi connectivity index (χ0v) is 11.2. The molecule has 1 heterocycles. The summed E-state index contributed by atoms with van der Waals surface area (Å²) in [5.41, 5.74) is 0.646. The van der Waals surface area contributed by atoms with Crippen LogP contribution in [0.5, 0.6) is 0 Å². The van der Waals surface area contributed by atoms with Crippen LogP contribution < -0.4 is 0 Å². The van der Waals surface area contributed by atoms with Crippen molar-refractivity contribution in [2.45, 2.75) is 0 Å². The van der Waals surface area contributed by atoms with E-state index < -0.39 is 11.8 Å². The van der Waals surface area contributed by atoms with Crippen molar-refractivity contribution < 1.29 is 19.1 Å². The lowest BCUT2D eigenvalue weighted by Gasteiger charge is -2.11. The highest BCUT2D eigenvalue weighted by molar-refractivity contribution is 9.10. The van der Waals surface area contributed by atoms with Gasteiger partial charge in [-0.05, 0) is 18.2 Å². The van der Waals surface area contributed by atoms with Gasteiger partial charge in [-0.1, -0.05) is 15.9 Å². The summed E-state index contributed by atoms with van der Waals surface area (Å²) in [7, 11) is 1.39. The van der Waals surface area contributed by atoms with Gasteiger partial charge in [-0.15, -0.1) is 0 Å². The highest BCUT2D eigenvalue weighted by Gasteiger charge is 2.36. The average molecular weight is 312 g/mol. The molecule has 0 saturated carbocycles. The summed E-state index contributed by atoms with van der Waals surface area (Å²) in [6.07, 6.45) is 0. The molecule has 0 aromatic heterocycles. The Morgan fingerprint density at radius 2 is 1.94 bits per heavy atom. The number of fused-ring (bicyclic) bond motifs is 1. The quantitative estimate of drug-likeness (QED) is 0.785. The van der Waals surface area contributed by atoms with E-state index >= 15 is 0 Å². The van der Waals surface area contributed by atoms with Gasteiger partial charge in [0.15, 0.2) is 5.78 Å². The molecular formula is C12H10BrNO4. The van der Waals surface area contributed by atoms with Gasteiger partial charge in [-0.3, -0.25) is 19.3 Å².